The topological polar surface area (TPSA) is 26.3 Å². The highest BCUT2D eigenvalue weighted by Gasteiger charge is 2.24. The molecule has 1 aliphatic heterocycles. The highest BCUT2D eigenvalue weighted by molar-refractivity contribution is 14.1. The van der Waals surface area contributed by atoms with Crippen molar-refractivity contribution in [3.63, 3.8) is 0 Å². The van der Waals surface area contributed by atoms with Gasteiger partial charge in [0.25, 0.3) is 0 Å². The average molecular weight is 508 g/mol. The molecular weight excluding hydrogens is 499 g/mol. The van der Waals surface area contributed by atoms with Crippen LogP contribution in [0.25, 0.3) is 0 Å². The lowest BCUT2D eigenvalue weighted by molar-refractivity contribution is 0.103. The molecule has 1 heterocycles. The maximum Gasteiger partial charge on any atom is 0.197 e. The minimum Gasteiger partial charge on any atom is -0.492 e. The van der Waals surface area contributed by atoms with E-state index in [9.17, 15) is 4.79 Å². The number of hydrogen-bond acceptors (Lipinski definition) is 2. The standard InChI is InChI=1S/C15H9Br2IO2/c16-9-5-8-3-4-20-15(8)12(6-9)14(19)11-7-10(18)1-2-13(11)17/h1-2,5-7H,3-4H2. The molecule has 0 bridgehead atoms. The first-order chi connectivity index (χ1) is 9.56. The molecule has 0 saturated heterocycles. The molecular formula is C15H9Br2IO2. The molecule has 20 heavy (non-hydrogen) atoms. The van der Waals surface area contributed by atoms with Gasteiger partial charge in [-0.3, -0.25) is 4.79 Å². The van der Waals surface area contributed by atoms with Gasteiger partial charge in [-0.15, -0.1) is 0 Å². The number of carbonyl (C=O) groups excluding carboxylic acids is 1. The first-order valence-electron chi connectivity index (χ1n) is 6.01. The van der Waals surface area contributed by atoms with Crippen molar-refractivity contribution in [1.29, 1.82) is 0 Å². The maximum absolute atomic E-state index is 12.8. The van der Waals surface area contributed by atoms with Crippen molar-refractivity contribution in [2.75, 3.05) is 6.61 Å². The monoisotopic (exact) mass is 506 g/mol. The molecule has 0 amide bonds. The zero-order valence-electron chi connectivity index (χ0n) is 10.3. The molecule has 0 aliphatic carbocycles. The van der Waals surface area contributed by atoms with Gasteiger partial charge in [0.05, 0.1) is 12.2 Å². The maximum atomic E-state index is 12.8. The summed E-state index contributed by atoms with van der Waals surface area (Å²) >= 11 is 9.12. The zero-order valence-corrected chi connectivity index (χ0v) is 15.6. The largest absolute Gasteiger partial charge is 0.492 e. The van der Waals surface area contributed by atoms with Crippen LogP contribution < -0.4 is 4.74 Å². The Labute approximate surface area is 147 Å². The Balaban J connectivity index is 2.14. The number of ketones is 1. The zero-order chi connectivity index (χ0) is 14.3. The average Bonchev–Trinajstić information content (AvgIpc) is 2.87. The predicted molar refractivity (Wildman–Crippen MR) is 93.6 cm³/mol. The smallest absolute Gasteiger partial charge is 0.197 e. The molecule has 0 fully saturated rings. The Kier molecular flexibility index (Phi) is 4.19. The van der Waals surface area contributed by atoms with Gasteiger partial charge in [-0.1, -0.05) is 31.9 Å². The number of rotatable bonds is 2. The molecule has 0 spiro atoms. The van der Waals surface area contributed by atoms with E-state index in [0.29, 0.717) is 17.7 Å². The van der Waals surface area contributed by atoms with Crippen LogP contribution in [0.5, 0.6) is 5.75 Å². The van der Waals surface area contributed by atoms with Gasteiger partial charge in [-0.2, -0.15) is 0 Å². The third-order valence-corrected chi connectivity index (χ3v) is 4.99. The van der Waals surface area contributed by atoms with E-state index in [4.69, 9.17) is 4.74 Å². The van der Waals surface area contributed by atoms with E-state index in [1.54, 1.807) is 0 Å². The van der Waals surface area contributed by atoms with Crippen LogP contribution in [-0.4, -0.2) is 12.4 Å². The highest BCUT2D eigenvalue weighted by Crippen LogP contribution is 2.35. The van der Waals surface area contributed by atoms with Crippen LogP contribution in [0.3, 0.4) is 0 Å². The number of carbonyl (C=O) groups is 1. The summed E-state index contributed by atoms with van der Waals surface area (Å²) in [6, 6.07) is 9.59. The third kappa shape index (κ3) is 2.67. The fourth-order valence-electron chi connectivity index (χ4n) is 2.25. The lowest BCUT2D eigenvalue weighted by Gasteiger charge is -2.10. The van der Waals surface area contributed by atoms with Gasteiger partial charge in [0, 0.05) is 24.5 Å². The minimum absolute atomic E-state index is 0.0187. The number of ether oxygens (including phenoxy) is 1. The number of benzene rings is 2. The second-order valence-corrected chi connectivity index (χ2v) is 7.51. The molecule has 1 aliphatic rings. The van der Waals surface area contributed by atoms with Crippen molar-refractivity contribution in [1.82, 2.24) is 0 Å². The molecule has 2 aromatic rings. The molecule has 102 valence electrons. The first kappa shape index (κ1) is 14.5. The molecule has 0 unspecified atom stereocenters. The Morgan fingerprint density at radius 1 is 1.15 bits per heavy atom. The summed E-state index contributed by atoms with van der Waals surface area (Å²) < 4.78 is 8.38. The van der Waals surface area contributed by atoms with E-state index in [-0.39, 0.29) is 5.78 Å². The lowest BCUT2D eigenvalue weighted by Crippen LogP contribution is -2.05. The molecule has 0 saturated carbocycles. The number of fused-ring (bicyclic) bond motifs is 1. The van der Waals surface area contributed by atoms with Gasteiger partial charge in [0.15, 0.2) is 5.78 Å². The van der Waals surface area contributed by atoms with Crippen LogP contribution in [0.1, 0.15) is 21.5 Å². The quantitative estimate of drug-likeness (QED) is 0.423. The van der Waals surface area contributed by atoms with Crippen LogP contribution in [0, 0.1) is 3.57 Å². The second kappa shape index (κ2) is 5.77. The summed E-state index contributed by atoms with van der Waals surface area (Å²) in [5.41, 5.74) is 2.37. The molecule has 0 aromatic heterocycles. The van der Waals surface area contributed by atoms with Crippen LogP contribution >= 0.6 is 54.5 Å². The van der Waals surface area contributed by atoms with Crippen molar-refractivity contribution in [2.45, 2.75) is 6.42 Å². The molecule has 0 N–H and O–H groups in total. The summed E-state index contributed by atoms with van der Waals surface area (Å²) in [5, 5.41) is 0. The van der Waals surface area contributed by atoms with E-state index in [1.165, 1.54) is 0 Å². The van der Waals surface area contributed by atoms with E-state index in [1.807, 2.05) is 30.3 Å². The van der Waals surface area contributed by atoms with Gasteiger partial charge in [0.2, 0.25) is 0 Å². The third-order valence-electron chi connectivity index (χ3n) is 3.17. The van der Waals surface area contributed by atoms with Crippen molar-refractivity contribution in [2.24, 2.45) is 0 Å². The van der Waals surface area contributed by atoms with Crippen LogP contribution in [0.2, 0.25) is 0 Å². The Morgan fingerprint density at radius 2 is 1.95 bits per heavy atom. The molecule has 2 aromatic carbocycles. The van der Waals surface area contributed by atoms with E-state index in [2.05, 4.69) is 54.5 Å². The summed E-state index contributed by atoms with van der Waals surface area (Å²) in [6.45, 7) is 0.638. The fraction of sp³-hybridized carbons (Fsp3) is 0.133. The van der Waals surface area contributed by atoms with E-state index >= 15 is 0 Å². The van der Waals surface area contributed by atoms with Crippen LogP contribution in [-0.2, 0) is 6.42 Å². The van der Waals surface area contributed by atoms with Gasteiger partial charge in [0.1, 0.15) is 5.75 Å². The molecule has 0 radical (unpaired) electrons. The summed E-state index contributed by atoms with van der Waals surface area (Å²) in [4.78, 5) is 12.8. The summed E-state index contributed by atoms with van der Waals surface area (Å²) in [6.07, 6.45) is 0.850. The van der Waals surface area contributed by atoms with E-state index in [0.717, 1.165) is 30.2 Å². The normalized spacial score (nSPS) is 12.9. The lowest BCUT2D eigenvalue weighted by atomic mass is 10.00. The van der Waals surface area contributed by atoms with Gasteiger partial charge in [-0.05, 0) is 58.5 Å². The summed E-state index contributed by atoms with van der Waals surface area (Å²) in [5.74, 6) is 0.707. The molecule has 3 rings (SSSR count). The highest BCUT2D eigenvalue weighted by atomic mass is 127. The molecule has 2 nitrogen and oxygen atoms in total. The van der Waals surface area contributed by atoms with Crippen molar-refractivity contribution < 1.29 is 9.53 Å². The molecule has 0 atom stereocenters. The Morgan fingerprint density at radius 3 is 2.75 bits per heavy atom. The predicted octanol–water partition coefficient (Wildman–Crippen LogP) is 4.98. The Hall–Kier alpha value is -0.400. The minimum atomic E-state index is -0.0187. The van der Waals surface area contributed by atoms with Gasteiger partial charge < -0.3 is 4.74 Å². The number of hydrogen-bond donors (Lipinski definition) is 0. The summed E-state index contributed by atoms with van der Waals surface area (Å²) in [7, 11) is 0. The van der Waals surface area contributed by atoms with E-state index < -0.39 is 0 Å². The van der Waals surface area contributed by atoms with Crippen molar-refractivity contribution >= 4 is 60.2 Å². The van der Waals surface area contributed by atoms with Crippen molar-refractivity contribution in [3.8, 4) is 5.75 Å². The fourth-order valence-corrected chi connectivity index (χ4v) is 3.68. The van der Waals surface area contributed by atoms with Crippen LogP contribution in [0.4, 0.5) is 0 Å². The van der Waals surface area contributed by atoms with Crippen molar-refractivity contribution in [3.05, 3.63) is 59.5 Å². The first-order valence-corrected chi connectivity index (χ1v) is 8.67. The molecule has 5 heteroatoms. The van der Waals surface area contributed by atoms with Gasteiger partial charge >= 0.3 is 0 Å². The Bertz CT molecular complexity index is 713. The van der Waals surface area contributed by atoms with Crippen LogP contribution in [0.15, 0.2) is 39.3 Å². The van der Waals surface area contributed by atoms with Gasteiger partial charge in [-0.25, -0.2) is 0 Å². The SMILES string of the molecule is O=C(c1cc(I)ccc1Br)c1cc(Br)cc2c1OCC2. The number of halogens is 3. The second-order valence-electron chi connectivity index (χ2n) is 4.49.